The zero-order valence-electron chi connectivity index (χ0n) is 17.5. The van der Waals surface area contributed by atoms with Gasteiger partial charge in [-0.05, 0) is 31.0 Å². The third-order valence-electron chi connectivity index (χ3n) is 5.31. The molecule has 1 fully saturated rings. The van der Waals surface area contributed by atoms with Gasteiger partial charge in [-0.3, -0.25) is 0 Å². The lowest BCUT2D eigenvalue weighted by atomic mass is 10.2. The van der Waals surface area contributed by atoms with Crippen LogP contribution < -0.4 is 14.8 Å². The molecule has 8 nitrogen and oxygen atoms in total. The molecule has 3 aromatic rings. The van der Waals surface area contributed by atoms with Gasteiger partial charge in [0.25, 0.3) is 0 Å². The van der Waals surface area contributed by atoms with Crippen molar-refractivity contribution in [2.45, 2.75) is 18.9 Å². The fraction of sp³-hybridized carbons (Fsp3) is 0.333. The standard InChI is InChI=1S/C21H22ClFN4O4S/c1-30-18-10-17-14(9-19(18)31-11-13-5-4-8-27(13)32(2,28)29)21(25-12-24-17)26-16-7-3-6-15(22)20(16)23/h3,6-7,9-10,12-13H,4-5,8,11H2,1-2H3,(H,24,25,26)/t13-/m1/s1. The number of fused-ring (bicyclic) bond motifs is 1. The smallest absolute Gasteiger partial charge is 0.211 e. The minimum atomic E-state index is -3.31. The highest BCUT2D eigenvalue weighted by atomic mass is 35.5. The molecule has 170 valence electrons. The van der Waals surface area contributed by atoms with Gasteiger partial charge in [0.1, 0.15) is 18.8 Å². The molecule has 4 rings (SSSR count). The van der Waals surface area contributed by atoms with E-state index in [-0.39, 0.29) is 23.4 Å². The summed E-state index contributed by atoms with van der Waals surface area (Å²) in [5, 5.41) is 3.52. The number of ether oxygens (including phenoxy) is 2. The second-order valence-electron chi connectivity index (χ2n) is 7.45. The Morgan fingerprint density at radius 1 is 1.28 bits per heavy atom. The van der Waals surface area contributed by atoms with Gasteiger partial charge in [-0.2, -0.15) is 4.31 Å². The highest BCUT2D eigenvalue weighted by Crippen LogP contribution is 2.36. The van der Waals surface area contributed by atoms with Gasteiger partial charge in [-0.15, -0.1) is 0 Å². The number of aromatic nitrogens is 2. The van der Waals surface area contributed by atoms with E-state index in [1.54, 1.807) is 24.3 Å². The molecule has 11 heteroatoms. The molecule has 0 radical (unpaired) electrons. The lowest BCUT2D eigenvalue weighted by Crippen LogP contribution is -2.38. The van der Waals surface area contributed by atoms with Gasteiger partial charge in [0, 0.05) is 18.0 Å². The molecular formula is C21H22ClFN4O4S. The van der Waals surface area contributed by atoms with Crippen LogP contribution in [-0.2, 0) is 10.0 Å². The SMILES string of the molecule is COc1cc2ncnc(Nc3cccc(Cl)c3F)c2cc1OC[C@H]1CCCN1S(C)(=O)=O. The van der Waals surface area contributed by atoms with Gasteiger partial charge in [0.2, 0.25) is 10.0 Å². The molecule has 0 bridgehead atoms. The van der Waals surface area contributed by atoms with Crippen molar-refractivity contribution in [3.8, 4) is 11.5 Å². The predicted molar refractivity (Wildman–Crippen MR) is 121 cm³/mol. The first-order chi connectivity index (χ1) is 15.3. The van der Waals surface area contributed by atoms with Gasteiger partial charge in [0.15, 0.2) is 17.3 Å². The van der Waals surface area contributed by atoms with Crippen molar-refractivity contribution in [3.63, 3.8) is 0 Å². The van der Waals surface area contributed by atoms with E-state index in [0.717, 1.165) is 6.42 Å². The topological polar surface area (TPSA) is 93.7 Å². The van der Waals surface area contributed by atoms with Crippen molar-refractivity contribution < 1.29 is 22.3 Å². The number of sulfonamides is 1. The predicted octanol–water partition coefficient (Wildman–Crippen LogP) is 3.98. The summed E-state index contributed by atoms with van der Waals surface area (Å²) in [4.78, 5) is 8.50. The highest BCUT2D eigenvalue weighted by molar-refractivity contribution is 7.88. The fourth-order valence-electron chi connectivity index (χ4n) is 3.76. The molecule has 0 spiro atoms. The number of hydrogen-bond acceptors (Lipinski definition) is 7. The van der Waals surface area contributed by atoms with Crippen LogP contribution in [0.15, 0.2) is 36.7 Å². The van der Waals surface area contributed by atoms with E-state index in [2.05, 4.69) is 15.3 Å². The summed E-state index contributed by atoms with van der Waals surface area (Å²) in [6.07, 6.45) is 4.05. The molecule has 0 unspecified atom stereocenters. The number of rotatable bonds is 7. The van der Waals surface area contributed by atoms with Crippen LogP contribution in [0.4, 0.5) is 15.9 Å². The number of methoxy groups -OCH3 is 1. The second-order valence-corrected chi connectivity index (χ2v) is 9.79. The van der Waals surface area contributed by atoms with Crippen molar-refractivity contribution in [2.75, 3.05) is 31.8 Å². The van der Waals surface area contributed by atoms with E-state index in [1.807, 2.05) is 0 Å². The van der Waals surface area contributed by atoms with E-state index >= 15 is 0 Å². The molecule has 0 amide bonds. The van der Waals surface area contributed by atoms with Gasteiger partial charge in [-0.25, -0.2) is 22.8 Å². The quantitative estimate of drug-likeness (QED) is 0.546. The Morgan fingerprint density at radius 2 is 2.09 bits per heavy atom. The summed E-state index contributed by atoms with van der Waals surface area (Å²) >= 11 is 5.88. The molecule has 1 N–H and O–H groups in total. The second kappa shape index (κ2) is 9.05. The molecule has 1 aromatic heterocycles. The summed E-state index contributed by atoms with van der Waals surface area (Å²) < 4.78 is 51.3. The van der Waals surface area contributed by atoms with Crippen LogP contribution in [0.25, 0.3) is 10.9 Å². The van der Waals surface area contributed by atoms with E-state index < -0.39 is 15.8 Å². The summed E-state index contributed by atoms with van der Waals surface area (Å²) in [7, 11) is -1.80. The minimum absolute atomic E-state index is 0.00829. The van der Waals surface area contributed by atoms with Crippen LogP contribution in [0.2, 0.25) is 5.02 Å². The number of nitrogens with one attached hydrogen (secondary N) is 1. The molecule has 2 heterocycles. The van der Waals surface area contributed by atoms with Gasteiger partial charge >= 0.3 is 0 Å². The maximum absolute atomic E-state index is 14.4. The van der Waals surface area contributed by atoms with E-state index in [1.165, 1.54) is 30.1 Å². The van der Waals surface area contributed by atoms with E-state index in [4.69, 9.17) is 21.1 Å². The number of anilines is 2. The largest absolute Gasteiger partial charge is 0.493 e. The maximum atomic E-state index is 14.4. The molecule has 32 heavy (non-hydrogen) atoms. The van der Waals surface area contributed by atoms with Crippen LogP contribution in [0.1, 0.15) is 12.8 Å². The van der Waals surface area contributed by atoms with Crippen LogP contribution in [0, 0.1) is 5.82 Å². The maximum Gasteiger partial charge on any atom is 0.211 e. The molecule has 1 aliphatic heterocycles. The normalized spacial score (nSPS) is 16.9. The molecule has 2 aromatic carbocycles. The van der Waals surface area contributed by atoms with Crippen LogP contribution in [0.5, 0.6) is 11.5 Å². The van der Waals surface area contributed by atoms with Crippen LogP contribution in [0.3, 0.4) is 0 Å². The highest BCUT2D eigenvalue weighted by Gasteiger charge is 2.32. The minimum Gasteiger partial charge on any atom is -0.493 e. The van der Waals surface area contributed by atoms with E-state index in [9.17, 15) is 12.8 Å². The number of nitrogens with zero attached hydrogens (tertiary/aromatic N) is 3. The van der Waals surface area contributed by atoms with Crippen molar-refractivity contribution >= 4 is 44.0 Å². The summed E-state index contributed by atoms with van der Waals surface area (Å²) in [5.74, 6) is 0.625. The third kappa shape index (κ3) is 4.57. The monoisotopic (exact) mass is 480 g/mol. The van der Waals surface area contributed by atoms with Crippen molar-refractivity contribution in [2.24, 2.45) is 0 Å². The Morgan fingerprint density at radius 3 is 2.84 bits per heavy atom. The lowest BCUT2D eigenvalue weighted by molar-refractivity contribution is 0.225. The van der Waals surface area contributed by atoms with Crippen molar-refractivity contribution in [1.82, 2.24) is 14.3 Å². The Hall–Kier alpha value is -2.69. The fourth-order valence-corrected chi connectivity index (χ4v) is 5.11. The van der Waals surface area contributed by atoms with Crippen molar-refractivity contribution in [3.05, 3.63) is 47.5 Å². The number of benzene rings is 2. The molecule has 1 saturated heterocycles. The molecule has 0 aliphatic carbocycles. The zero-order valence-corrected chi connectivity index (χ0v) is 19.1. The molecule has 1 aliphatic rings. The lowest BCUT2D eigenvalue weighted by Gasteiger charge is -2.23. The summed E-state index contributed by atoms with van der Waals surface area (Å²) in [5.41, 5.74) is 0.735. The Balaban J connectivity index is 1.66. The Bertz CT molecular complexity index is 1260. The first kappa shape index (κ1) is 22.5. The molecule has 1 atom stereocenters. The van der Waals surface area contributed by atoms with Gasteiger partial charge < -0.3 is 14.8 Å². The van der Waals surface area contributed by atoms with Crippen LogP contribution >= 0.6 is 11.6 Å². The van der Waals surface area contributed by atoms with Gasteiger partial charge in [0.05, 0.1) is 35.6 Å². The molecular weight excluding hydrogens is 459 g/mol. The Kier molecular flexibility index (Phi) is 6.36. The Labute approximate surface area is 190 Å². The third-order valence-corrected chi connectivity index (χ3v) is 6.93. The van der Waals surface area contributed by atoms with E-state index in [0.29, 0.717) is 41.2 Å². The summed E-state index contributed by atoms with van der Waals surface area (Å²) in [6.45, 7) is 0.656. The van der Waals surface area contributed by atoms with Crippen LogP contribution in [-0.4, -0.2) is 55.3 Å². The average molecular weight is 481 g/mol. The zero-order chi connectivity index (χ0) is 22.9. The summed E-state index contributed by atoms with van der Waals surface area (Å²) in [6, 6.07) is 7.77. The van der Waals surface area contributed by atoms with Crippen molar-refractivity contribution in [1.29, 1.82) is 0 Å². The first-order valence-electron chi connectivity index (χ1n) is 9.91. The average Bonchev–Trinajstić information content (AvgIpc) is 3.24. The molecule has 0 saturated carbocycles. The number of halogens is 2. The number of hydrogen-bond donors (Lipinski definition) is 1. The van der Waals surface area contributed by atoms with Gasteiger partial charge in [-0.1, -0.05) is 17.7 Å². The first-order valence-corrected chi connectivity index (χ1v) is 12.1.